The van der Waals surface area contributed by atoms with Crippen LogP contribution in [0.4, 0.5) is 6.01 Å². The van der Waals surface area contributed by atoms with Gasteiger partial charge in [-0.25, -0.2) is 8.42 Å². The minimum Gasteiger partial charge on any atom is -0.407 e. The van der Waals surface area contributed by atoms with Crippen LogP contribution >= 0.6 is 11.8 Å². The molecule has 10 heteroatoms. The number of hydrogen-bond acceptors (Lipinski definition) is 7. The second kappa shape index (κ2) is 12.3. The maximum atomic E-state index is 12.9. The molecule has 0 unspecified atom stereocenters. The van der Waals surface area contributed by atoms with Gasteiger partial charge in [0.1, 0.15) is 0 Å². The van der Waals surface area contributed by atoms with E-state index in [1.54, 1.807) is 11.8 Å². The number of sulfonamides is 1. The maximum absolute atomic E-state index is 12.9. The minimum atomic E-state index is -3.60. The summed E-state index contributed by atoms with van der Waals surface area (Å²) in [5.41, 5.74) is 1.32. The van der Waals surface area contributed by atoms with Crippen LogP contribution in [0.15, 0.2) is 62.7 Å². The second-order valence-electron chi connectivity index (χ2n) is 8.37. The van der Waals surface area contributed by atoms with Crippen LogP contribution in [0, 0.1) is 0 Å². The number of hydrogen-bond donors (Lipinski definition) is 1. The summed E-state index contributed by atoms with van der Waals surface area (Å²) in [7, 11) is -3.60. The zero-order valence-corrected chi connectivity index (χ0v) is 22.2. The van der Waals surface area contributed by atoms with Gasteiger partial charge in [0, 0.05) is 28.8 Å². The van der Waals surface area contributed by atoms with E-state index in [0.717, 1.165) is 18.4 Å². The van der Waals surface area contributed by atoms with Gasteiger partial charge in [-0.2, -0.15) is 4.31 Å². The van der Waals surface area contributed by atoms with Gasteiger partial charge in [0.2, 0.25) is 15.9 Å². The molecule has 0 spiro atoms. The van der Waals surface area contributed by atoms with Gasteiger partial charge in [0.15, 0.2) is 0 Å². The fraction of sp³-hybridized carbons (Fsp3) is 0.400. The first-order chi connectivity index (χ1) is 16.7. The summed E-state index contributed by atoms with van der Waals surface area (Å²) in [5.74, 6) is -0.0730. The van der Waals surface area contributed by atoms with Crippen LogP contribution < -0.4 is 5.32 Å². The van der Waals surface area contributed by atoms with Crippen molar-refractivity contribution in [2.75, 3.05) is 18.4 Å². The summed E-state index contributed by atoms with van der Waals surface area (Å²) in [6.07, 6.45) is 1.91. The number of thioether (sulfide) groups is 1. The number of anilines is 1. The third-order valence-electron chi connectivity index (χ3n) is 5.04. The average Bonchev–Trinajstić information content (AvgIpc) is 3.26. The van der Waals surface area contributed by atoms with Crippen molar-refractivity contribution in [1.29, 1.82) is 0 Å². The lowest BCUT2D eigenvalue weighted by Gasteiger charge is -2.21. The molecule has 1 N–H and O–H groups in total. The van der Waals surface area contributed by atoms with Crippen molar-refractivity contribution in [1.82, 2.24) is 14.5 Å². The molecule has 1 heterocycles. The molecule has 1 amide bonds. The molecule has 2 aromatic carbocycles. The lowest BCUT2D eigenvalue weighted by Crippen LogP contribution is -2.32. The van der Waals surface area contributed by atoms with E-state index in [4.69, 9.17) is 4.42 Å². The van der Waals surface area contributed by atoms with E-state index < -0.39 is 15.9 Å². The molecule has 0 aliphatic carbocycles. The predicted molar refractivity (Wildman–Crippen MR) is 138 cm³/mol. The normalized spacial score (nSPS) is 11.8. The molecule has 0 atom stereocenters. The van der Waals surface area contributed by atoms with Gasteiger partial charge in [0.05, 0.1) is 11.3 Å². The van der Waals surface area contributed by atoms with E-state index in [-0.39, 0.29) is 10.9 Å². The molecule has 3 rings (SSSR count). The van der Waals surface area contributed by atoms with Crippen molar-refractivity contribution in [2.45, 2.75) is 62.0 Å². The Hall–Kier alpha value is -2.69. The highest BCUT2D eigenvalue weighted by molar-refractivity contribution is 7.99. The standard InChI is InChI=1S/C25H32N4O4S2/c1-5-15-29(16-6-2)35(31,32)22-13-9-20(10-14-22)24(30)26-25-28-27-23(33-25)17-19-7-11-21(12-8-19)34-18(3)4/h7-14,18H,5-6,15-17H2,1-4H3,(H,26,28,30). The summed E-state index contributed by atoms with van der Waals surface area (Å²) in [4.78, 5) is 14.0. The van der Waals surface area contributed by atoms with Crippen molar-refractivity contribution in [3.8, 4) is 0 Å². The minimum absolute atomic E-state index is 0.00857. The van der Waals surface area contributed by atoms with Gasteiger partial charge in [-0.05, 0) is 54.8 Å². The lowest BCUT2D eigenvalue weighted by atomic mass is 10.1. The molecule has 0 radical (unpaired) electrons. The van der Waals surface area contributed by atoms with Gasteiger partial charge in [-0.1, -0.05) is 44.9 Å². The van der Waals surface area contributed by atoms with Crippen LogP contribution in [0.3, 0.4) is 0 Å². The van der Waals surface area contributed by atoms with E-state index in [2.05, 4.69) is 41.5 Å². The summed E-state index contributed by atoms with van der Waals surface area (Å²) in [6, 6.07) is 14.0. The Balaban J connectivity index is 1.62. The smallest absolute Gasteiger partial charge is 0.322 e. The van der Waals surface area contributed by atoms with Crippen molar-refractivity contribution in [3.63, 3.8) is 0 Å². The SMILES string of the molecule is CCCN(CCC)S(=O)(=O)c1ccc(C(=O)Nc2nnc(Cc3ccc(SC(C)C)cc3)o2)cc1. The molecule has 8 nitrogen and oxygen atoms in total. The highest BCUT2D eigenvalue weighted by Crippen LogP contribution is 2.24. The largest absolute Gasteiger partial charge is 0.407 e. The molecule has 35 heavy (non-hydrogen) atoms. The van der Waals surface area contributed by atoms with E-state index in [1.807, 2.05) is 26.0 Å². The van der Waals surface area contributed by atoms with Crippen LogP contribution in [0.1, 0.15) is 62.3 Å². The summed E-state index contributed by atoms with van der Waals surface area (Å²) < 4.78 is 32.8. The van der Waals surface area contributed by atoms with Gasteiger partial charge in [-0.15, -0.1) is 16.9 Å². The molecule has 0 saturated heterocycles. The molecule has 0 saturated carbocycles. The number of carbonyl (C=O) groups is 1. The first-order valence-electron chi connectivity index (χ1n) is 11.7. The number of rotatable bonds is 12. The lowest BCUT2D eigenvalue weighted by molar-refractivity contribution is 0.102. The summed E-state index contributed by atoms with van der Waals surface area (Å²) in [6.45, 7) is 9.10. The third kappa shape index (κ3) is 7.39. The Morgan fingerprint density at radius 1 is 1.00 bits per heavy atom. The Labute approximate surface area is 211 Å². The third-order valence-corrected chi connectivity index (χ3v) is 7.97. The molecule has 188 valence electrons. The van der Waals surface area contributed by atoms with Crippen molar-refractivity contribution < 1.29 is 17.6 Å². The van der Waals surface area contributed by atoms with Gasteiger partial charge >= 0.3 is 6.01 Å². The maximum Gasteiger partial charge on any atom is 0.322 e. The summed E-state index contributed by atoms with van der Waals surface area (Å²) in [5, 5.41) is 11.0. The van der Waals surface area contributed by atoms with E-state index in [1.165, 1.54) is 33.5 Å². The highest BCUT2D eigenvalue weighted by atomic mass is 32.2. The van der Waals surface area contributed by atoms with Crippen molar-refractivity contribution in [2.24, 2.45) is 0 Å². The van der Waals surface area contributed by atoms with Crippen molar-refractivity contribution >= 4 is 33.7 Å². The van der Waals surface area contributed by atoms with Crippen LogP contribution in [0.2, 0.25) is 0 Å². The quantitative estimate of drug-likeness (QED) is 0.329. The fourth-order valence-electron chi connectivity index (χ4n) is 3.46. The first-order valence-corrected chi connectivity index (χ1v) is 14.0. The highest BCUT2D eigenvalue weighted by Gasteiger charge is 2.23. The molecule has 0 fully saturated rings. The molecule has 0 aliphatic heterocycles. The van der Waals surface area contributed by atoms with Crippen LogP contribution in [-0.4, -0.2) is 47.2 Å². The Kier molecular flexibility index (Phi) is 9.47. The van der Waals surface area contributed by atoms with E-state index in [9.17, 15) is 13.2 Å². The number of benzene rings is 2. The van der Waals surface area contributed by atoms with Gasteiger partial charge < -0.3 is 4.42 Å². The monoisotopic (exact) mass is 516 g/mol. The topological polar surface area (TPSA) is 105 Å². The molecular weight excluding hydrogens is 484 g/mol. The molecule has 3 aromatic rings. The molecular formula is C25H32N4O4S2. The number of carbonyl (C=O) groups excluding carboxylic acids is 1. The Morgan fingerprint density at radius 3 is 2.20 bits per heavy atom. The molecule has 0 bridgehead atoms. The average molecular weight is 517 g/mol. The van der Waals surface area contributed by atoms with Gasteiger partial charge in [0.25, 0.3) is 5.91 Å². The Morgan fingerprint density at radius 2 is 1.63 bits per heavy atom. The summed E-state index contributed by atoms with van der Waals surface area (Å²) >= 11 is 1.80. The molecule has 1 aromatic heterocycles. The van der Waals surface area contributed by atoms with Crippen LogP contribution in [0.5, 0.6) is 0 Å². The fourth-order valence-corrected chi connectivity index (χ4v) is 5.92. The van der Waals surface area contributed by atoms with Gasteiger partial charge in [-0.3, -0.25) is 10.1 Å². The first kappa shape index (κ1) is 26.9. The van der Waals surface area contributed by atoms with E-state index in [0.29, 0.717) is 36.2 Å². The van der Waals surface area contributed by atoms with Crippen LogP contribution in [-0.2, 0) is 16.4 Å². The van der Waals surface area contributed by atoms with Crippen LogP contribution in [0.25, 0.3) is 0 Å². The predicted octanol–water partition coefficient (Wildman–Crippen LogP) is 5.22. The number of aromatic nitrogens is 2. The second-order valence-corrected chi connectivity index (χ2v) is 12.0. The number of nitrogens with zero attached hydrogens (tertiary/aromatic N) is 3. The van der Waals surface area contributed by atoms with E-state index >= 15 is 0 Å². The Bertz CT molecular complexity index is 1200. The zero-order valence-electron chi connectivity index (χ0n) is 20.5. The number of nitrogens with one attached hydrogen (secondary N) is 1. The van der Waals surface area contributed by atoms with Crippen molar-refractivity contribution in [3.05, 3.63) is 65.5 Å². The zero-order chi connectivity index (χ0) is 25.4. The number of amides is 1. The molecule has 0 aliphatic rings.